The fourth-order valence-corrected chi connectivity index (χ4v) is 3.86. The average Bonchev–Trinajstić information content (AvgIpc) is 2.95. The third-order valence-corrected chi connectivity index (χ3v) is 5.47. The van der Waals surface area contributed by atoms with Crippen LogP contribution in [0.1, 0.15) is 51.4 Å². The summed E-state index contributed by atoms with van der Waals surface area (Å²) in [6.07, 6.45) is 7.57. The molecule has 5 heteroatoms. The highest BCUT2D eigenvalue weighted by atomic mass is 16.4. The van der Waals surface area contributed by atoms with Gasteiger partial charge in [0, 0.05) is 18.0 Å². The predicted octanol–water partition coefficient (Wildman–Crippen LogP) is 1.87. The van der Waals surface area contributed by atoms with E-state index in [4.69, 9.17) is 5.11 Å². The fraction of sp³-hybridized carbons (Fsp3) is 0.875. The summed E-state index contributed by atoms with van der Waals surface area (Å²) in [6.45, 7) is 0.688. The van der Waals surface area contributed by atoms with Gasteiger partial charge in [-0.15, -0.1) is 0 Å². The van der Waals surface area contributed by atoms with Gasteiger partial charge < -0.3 is 15.3 Å². The second-order valence-electron chi connectivity index (χ2n) is 6.94. The van der Waals surface area contributed by atoms with Crippen molar-refractivity contribution in [1.29, 1.82) is 0 Å². The second kappa shape index (κ2) is 6.77. The summed E-state index contributed by atoms with van der Waals surface area (Å²) in [5, 5.41) is 12.2. The van der Waals surface area contributed by atoms with E-state index < -0.39 is 5.97 Å². The molecule has 2 aliphatic rings. The molecule has 2 rings (SSSR count). The number of hydrogen-bond acceptors (Lipinski definition) is 3. The summed E-state index contributed by atoms with van der Waals surface area (Å²) in [6, 6.07) is 0. The molecular formula is C16H28N2O3. The number of likely N-dealkylation sites (N-methyl/N-ethyl adjacent to an activating group) is 1. The molecule has 0 radical (unpaired) electrons. The number of aliphatic carboxylic acids is 1. The minimum absolute atomic E-state index is 0.0501. The van der Waals surface area contributed by atoms with Crippen molar-refractivity contribution in [3.63, 3.8) is 0 Å². The largest absolute Gasteiger partial charge is 0.481 e. The smallest absolute Gasteiger partial charge is 0.306 e. The number of carbonyl (C=O) groups excluding carboxylic acids is 1. The van der Waals surface area contributed by atoms with Crippen LogP contribution in [0.5, 0.6) is 0 Å². The van der Waals surface area contributed by atoms with Crippen molar-refractivity contribution in [1.82, 2.24) is 10.2 Å². The Morgan fingerprint density at radius 2 is 1.76 bits per heavy atom. The SMILES string of the molecule is CN(C)C1(CNC(=O)C2CCCC(C(=O)O)C2)CCCC1. The Kier molecular flexibility index (Phi) is 5.25. The van der Waals surface area contributed by atoms with Gasteiger partial charge >= 0.3 is 5.97 Å². The van der Waals surface area contributed by atoms with Gasteiger partial charge in [-0.1, -0.05) is 19.3 Å². The zero-order chi connectivity index (χ0) is 15.5. The van der Waals surface area contributed by atoms with Crippen LogP contribution < -0.4 is 5.32 Å². The van der Waals surface area contributed by atoms with Crippen molar-refractivity contribution < 1.29 is 14.7 Å². The standard InChI is InChI=1S/C16H28N2O3/c1-18(2)16(8-3-4-9-16)11-17-14(19)12-6-5-7-13(10-12)15(20)21/h12-13H,3-11H2,1-2H3,(H,17,19)(H,20,21). The van der Waals surface area contributed by atoms with Crippen LogP contribution in [0.2, 0.25) is 0 Å². The lowest BCUT2D eigenvalue weighted by molar-refractivity contribution is -0.144. The number of carbonyl (C=O) groups is 2. The lowest BCUT2D eigenvalue weighted by Gasteiger charge is -2.37. The molecule has 21 heavy (non-hydrogen) atoms. The van der Waals surface area contributed by atoms with Crippen molar-refractivity contribution in [2.75, 3.05) is 20.6 Å². The zero-order valence-corrected chi connectivity index (χ0v) is 13.2. The Bertz CT molecular complexity index is 389. The molecule has 5 nitrogen and oxygen atoms in total. The van der Waals surface area contributed by atoms with Gasteiger partial charge in [0.05, 0.1) is 5.92 Å². The van der Waals surface area contributed by atoms with Gasteiger partial charge in [0.25, 0.3) is 0 Å². The van der Waals surface area contributed by atoms with Crippen LogP contribution in [0.4, 0.5) is 0 Å². The van der Waals surface area contributed by atoms with E-state index in [0.717, 1.165) is 25.7 Å². The molecule has 0 bridgehead atoms. The summed E-state index contributed by atoms with van der Waals surface area (Å²) in [5.41, 5.74) is 0.0938. The van der Waals surface area contributed by atoms with E-state index in [2.05, 4.69) is 24.3 Å². The topological polar surface area (TPSA) is 69.6 Å². The molecule has 2 N–H and O–H groups in total. The molecule has 120 valence electrons. The molecule has 2 fully saturated rings. The summed E-state index contributed by atoms with van der Waals surface area (Å²) in [4.78, 5) is 25.7. The summed E-state index contributed by atoms with van der Waals surface area (Å²) >= 11 is 0. The number of hydrogen-bond donors (Lipinski definition) is 2. The van der Waals surface area contributed by atoms with Crippen LogP contribution in [-0.2, 0) is 9.59 Å². The molecule has 2 aliphatic carbocycles. The molecule has 2 atom stereocenters. The van der Waals surface area contributed by atoms with E-state index in [1.807, 2.05) is 0 Å². The molecule has 0 spiro atoms. The maximum absolute atomic E-state index is 12.4. The van der Waals surface area contributed by atoms with Gasteiger partial charge in [0.1, 0.15) is 0 Å². The summed E-state index contributed by atoms with van der Waals surface area (Å²) in [5.74, 6) is -1.17. The lowest BCUT2D eigenvalue weighted by Crippen LogP contribution is -2.52. The molecule has 2 saturated carbocycles. The number of carboxylic acids is 1. The van der Waals surface area contributed by atoms with Gasteiger partial charge in [0.2, 0.25) is 5.91 Å². The quantitative estimate of drug-likeness (QED) is 0.812. The monoisotopic (exact) mass is 296 g/mol. The van der Waals surface area contributed by atoms with E-state index in [9.17, 15) is 9.59 Å². The van der Waals surface area contributed by atoms with Crippen molar-refractivity contribution in [2.45, 2.75) is 56.9 Å². The Morgan fingerprint density at radius 1 is 1.14 bits per heavy atom. The third-order valence-electron chi connectivity index (χ3n) is 5.47. The van der Waals surface area contributed by atoms with E-state index >= 15 is 0 Å². The minimum Gasteiger partial charge on any atom is -0.481 e. The fourth-order valence-electron chi connectivity index (χ4n) is 3.86. The summed E-state index contributed by atoms with van der Waals surface area (Å²) in [7, 11) is 4.16. The molecule has 0 heterocycles. The number of rotatable bonds is 5. The first-order chi connectivity index (χ1) is 9.94. The Balaban J connectivity index is 1.87. The third kappa shape index (κ3) is 3.76. The zero-order valence-electron chi connectivity index (χ0n) is 13.2. The first kappa shape index (κ1) is 16.3. The van der Waals surface area contributed by atoms with Crippen LogP contribution in [0, 0.1) is 11.8 Å². The number of carboxylic acid groups (broad SMARTS) is 1. The summed E-state index contributed by atoms with van der Waals surface area (Å²) < 4.78 is 0. The second-order valence-corrected chi connectivity index (χ2v) is 6.94. The van der Waals surface area contributed by atoms with E-state index in [0.29, 0.717) is 19.4 Å². The van der Waals surface area contributed by atoms with Crippen molar-refractivity contribution >= 4 is 11.9 Å². The number of nitrogens with one attached hydrogen (secondary N) is 1. The van der Waals surface area contributed by atoms with Crippen LogP contribution in [0.3, 0.4) is 0 Å². The van der Waals surface area contributed by atoms with Gasteiger partial charge in [-0.05, 0) is 46.2 Å². The van der Waals surface area contributed by atoms with Crippen molar-refractivity contribution in [2.24, 2.45) is 11.8 Å². The minimum atomic E-state index is -0.756. The molecule has 2 unspecified atom stereocenters. The van der Waals surface area contributed by atoms with Gasteiger partial charge in [0.15, 0.2) is 0 Å². The molecule has 0 aromatic carbocycles. The first-order valence-electron chi connectivity index (χ1n) is 8.12. The van der Waals surface area contributed by atoms with Crippen LogP contribution in [0.15, 0.2) is 0 Å². The van der Waals surface area contributed by atoms with Crippen molar-refractivity contribution in [3.8, 4) is 0 Å². The van der Waals surface area contributed by atoms with Gasteiger partial charge in [-0.2, -0.15) is 0 Å². The van der Waals surface area contributed by atoms with E-state index in [1.54, 1.807) is 0 Å². The molecule has 0 saturated heterocycles. The van der Waals surface area contributed by atoms with Crippen LogP contribution >= 0.6 is 0 Å². The molecular weight excluding hydrogens is 268 g/mol. The van der Waals surface area contributed by atoms with E-state index in [-0.39, 0.29) is 23.3 Å². The number of nitrogens with zero attached hydrogens (tertiary/aromatic N) is 1. The Labute approximate surface area is 127 Å². The number of amides is 1. The normalized spacial score (nSPS) is 28.5. The first-order valence-corrected chi connectivity index (χ1v) is 8.12. The molecule has 0 aromatic rings. The highest BCUT2D eigenvalue weighted by Gasteiger charge is 2.37. The average molecular weight is 296 g/mol. The van der Waals surface area contributed by atoms with Crippen LogP contribution in [0.25, 0.3) is 0 Å². The van der Waals surface area contributed by atoms with Crippen molar-refractivity contribution in [3.05, 3.63) is 0 Å². The van der Waals surface area contributed by atoms with Crippen LogP contribution in [-0.4, -0.2) is 48.1 Å². The highest BCUT2D eigenvalue weighted by molar-refractivity contribution is 5.80. The van der Waals surface area contributed by atoms with E-state index in [1.165, 1.54) is 12.8 Å². The van der Waals surface area contributed by atoms with Gasteiger partial charge in [-0.3, -0.25) is 9.59 Å². The molecule has 0 aromatic heterocycles. The van der Waals surface area contributed by atoms with Gasteiger partial charge in [-0.25, -0.2) is 0 Å². The Morgan fingerprint density at radius 3 is 2.33 bits per heavy atom. The predicted molar refractivity (Wildman–Crippen MR) is 81.0 cm³/mol. The molecule has 0 aliphatic heterocycles. The highest BCUT2D eigenvalue weighted by Crippen LogP contribution is 2.34. The molecule has 1 amide bonds. The maximum Gasteiger partial charge on any atom is 0.306 e. The Hall–Kier alpha value is -1.10. The lowest BCUT2D eigenvalue weighted by atomic mass is 9.81. The maximum atomic E-state index is 12.4.